The summed E-state index contributed by atoms with van der Waals surface area (Å²) in [5.74, 6) is 5.93. The number of hydrogen-bond acceptors (Lipinski definition) is 3. The number of aryl methyl sites for hydroxylation is 1. The minimum Gasteiger partial charge on any atom is -0.395 e. The van der Waals surface area contributed by atoms with Crippen LogP contribution in [0.25, 0.3) is 0 Å². The number of aliphatic hydroxyl groups is 1. The molecule has 0 aliphatic carbocycles. The first-order valence-electron chi connectivity index (χ1n) is 6.80. The molecule has 1 N–H and O–H groups in total. The highest BCUT2D eigenvalue weighted by molar-refractivity contribution is 5.94. The largest absolute Gasteiger partial charge is 0.395 e. The van der Waals surface area contributed by atoms with Crippen LogP contribution in [0.1, 0.15) is 27.9 Å². The van der Waals surface area contributed by atoms with Gasteiger partial charge in [0.25, 0.3) is 5.91 Å². The van der Waals surface area contributed by atoms with Crippen molar-refractivity contribution in [2.24, 2.45) is 0 Å². The molecule has 0 aromatic heterocycles. The van der Waals surface area contributed by atoms with Gasteiger partial charge in [-0.05, 0) is 24.6 Å². The van der Waals surface area contributed by atoms with Gasteiger partial charge in [-0.3, -0.25) is 4.79 Å². The molecule has 1 aromatic rings. The van der Waals surface area contributed by atoms with Crippen molar-refractivity contribution in [1.29, 1.82) is 0 Å². The Morgan fingerprint density at radius 2 is 2.15 bits per heavy atom. The summed E-state index contributed by atoms with van der Waals surface area (Å²) < 4.78 is 5.25. The second-order valence-electron chi connectivity index (χ2n) is 4.71. The molecule has 106 valence electrons. The van der Waals surface area contributed by atoms with Crippen LogP contribution in [0.5, 0.6) is 0 Å². The van der Waals surface area contributed by atoms with Gasteiger partial charge in [0.2, 0.25) is 0 Å². The van der Waals surface area contributed by atoms with E-state index < -0.39 is 0 Å². The number of benzene rings is 1. The number of carbonyl (C=O) groups is 1. The number of rotatable bonds is 2. The fourth-order valence-electron chi connectivity index (χ4n) is 2.05. The summed E-state index contributed by atoms with van der Waals surface area (Å²) >= 11 is 0. The van der Waals surface area contributed by atoms with Gasteiger partial charge >= 0.3 is 0 Å². The zero-order valence-electron chi connectivity index (χ0n) is 11.7. The van der Waals surface area contributed by atoms with Crippen LogP contribution >= 0.6 is 0 Å². The molecule has 1 aromatic carbocycles. The second-order valence-corrected chi connectivity index (χ2v) is 4.71. The van der Waals surface area contributed by atoms with Gasteiger partial charge in [-0.2, -0.15) is 0 Å². The fraction of sp³-hybridized carbons (Fsp3) is 0.438. The average molecular weight is 273 g/mol. The Bertz CT molecular complexity index is 536. The highest BCUT2D eigenvalue weighted by Gasteiger charge is 2.18. The second kappa shape index (κ2) is 7.09. The third kappa shape index (κ3) is 3.60. The molecular weight excluding hydrogens is 254 g/mol. The maximum Gasteiger partial charge on any atom is 0.254 e. The minimum atomic E-state index is 0.0264. The van der Waals surface area contributed by atoms with E-state index >= 15 is 0 Å². The molecular formula is C16H19NO3. The lowest BCUT2D eigenvalue weighted by Gasteiger charge is -2.27. The predicted octanol–water partition coefficient (Wildman–Crippen LogP) is 1.20. The average Bonchev–Trinajstić information content (AvgIpc) is 2.49. The number of aliphatic hydroxyl groups excluding tert-OH is 1. The molecule has 2 rings (SSSR count). The Morgan fingerprint density at radius 3 is 2.85 bits per heavy atom. The quantitative estimate of drug-likeness (QED) is 0.824. The molecule has 20 heavy (non-hydrogen) atoms. The summed E-state index contributed by atoms with van der Waals surface area (Å²) in [5.41, 5.74) is 2.54. The molecule has 0 spiro atoms. The zero-order valence-corrected chi connectivity index (χ0v) is 11.7. The van der Waals surface area contributed by atoms with Crippen molar-refractivity contribution in [3.05, 3.63) is 34.9 Å². The molecule has 0 radical (unpaired) electrons. The zero-order chi connectivity index (χ0) is 14.4. The highest BCUT2D eigenvalue weighted by Crippen LogP contribution is 2.13. The summed E-state index contributed by atoms with van der Waals surface area (Å²) in [6, 6.07) is 5.58. The fourth-order valence-corrected chi connectivity index (χ4v) is 2.05. The normalized spacial score (nSPS) is 14.6. The number of carbonyl (C=O) groups excluding carboxylic acids is 1. The van der Waals surface area contributed by atoms with Crippen molar-refractivity contribution in [2.45, 2.75) is 13.3 Å². The summed E-state index contributed by atoms with van der Waals surface area (Å²) in [6.45, 7) is 4.49. The molecule has 4 nitrogen and oxygen atoms in total. The lowest BCUT2D eigenvalue weighted by molar-refractivity contribution is 0.0303. The van der Waals surface area contributed by atoms with Gasteiger partial charge in [-0.25, -0.2) is 0 Å². The Kier molecular flexibility index (Phi) is 5.16. The van der Waals surface area contributed by atoms with Crippen LogP contribution < -0.4 is 0 Å². The van der Waals surface area contributed by atoms with Crippen LogP contribution in [0.2, 0.25) is 0 Å². The highest BCUT2D eigenvalue weighted by atomic mass is 16.5. The van der Waals surface area contributed by atoms with Crippen LogP contribution in [0.15, 0.2) is 18.2 Å². The van der Waals surface area contributed by atoms with Gasteiger partial charge in [0.05, 0.1) is 19.8 Å². The first-order valence-corrected chi connectivity index (χ1v) is 6.80. The van der Waals surface area contributed by atoms with E-state index in [1.807, 2.05) is 25.1 Å². The van der Waals surface area contributed by atoms with E-state index in [1.54, 1.807) is 4.90 Å². The number of ether oxygens (including phenoxy) is 1. The predicted molar refractivity (Wildman–Crippen MR) is 76.5 cm³/mol. The molecule has 1 saturated heterocycles. The van der Waals surface area contributed by atoms with Gasteiger partial charge in [0.1, 0.15) is 0 Å². The standard InChI is InChI=1S/C16H19NO3/c1-13-5-6-15(12-14(13)4-2-3-9-18)16(19)17-7-10-20-11-8-17/h5-6,12,18H,3,7-11H2,1H3. The smallest absolute Gasteiger partial charge is 0.254 e. The van der Waals surface area contributed by atoms with Crippen molar-refractivity contribution in [3.8, 4) is 11.8 Å². The van der Waals surface area contributed by atoms with Crippen molar-refractivity contribution in [1.82, 2.24) is 4.90 Å². The van der Waals surface area contributed by atoms with Crippen LogP contribution in [0, 0.1) is 18.8 Å². The van der Waals surface area contributed by atoms with Crippen LogP contribution in [-0.4, -0.2) is 48.8 Å². The number of amides is 1. The molecule has 0 unspecified atom stereocenters. The Morgan fingerprint density at radius 1 is 1.40 bits per heavy atom. The van der Waals surface area contributed by atoms with Gasteiger partial charge in [0, 0.05) is 30.6 Å². The molecule has 0 atom stereocenters. The van der Waals surface area contributed by atoms with E-state index in [2.05, 4.69) is 11.8 Å². The maximum atomic E-state index is 12.4. The maximum absolute atomic E-state index is 12.4. The molecule has 1 aliphatic heterocycles. The molecule has 1 fully saturated rings. The van der Waals surface area contributed by atoms with E-state index in [1.165, 1.54) is 0 Å². The third-order valence-electron chi connectivity index (χ3n) is 3.24. The van der Waals surface area contributed by atoms with Crippen molar-refractivity contribution >= 4 is 5.91 Å². The van der Waals surface area contributed by atoms with Gasteiger partial charge < -0.3 is 14.7 Å². The molecule has 1 aliphatic rings. The number of morpholine rings is 1. The van der Waals surface area contributed by atoms with Crippen LogP contribution in [0.4, 0.5) is 0 Å². The lowest BCUT2D eigenvalue weighted by Crippen LogP contribution is -2.40. The van der Waals surface area contributed by atoms with E-state index in [0.717, 1.165) is 11.1 Å². The van der Waals surface area contributed by atoms with E-state index in [-0.39, 0.29) is 12.5 Å². The Labute approximate surface area is 119 Å². The minimum absolute atomic E-state index is 0.0264. The van der Waals surface area contributed by atoms with Crippen LogP contribution in [0.3, 0.4) is 0 Å². The van der Waals surface area contributed by atoms with E-state index in [9.17, 15) is 4.79 Å². The summed E-state index contributed by atoms with van der Waals surface area (Å²) in [5, 5.41) is 8.75. The van der Waals surface area contributed by atoms with Crippen molar-refractivity contribution in [3.63, 3.8) is 0 Å². The van der Waals surface area contributed by atoms with Crippen molar-refractivity contribution in [2.75, 3.05) is 32.9 Å². The number of nitrogens with zero attached hydrogens (tertiary/aromatic N) is 1. The van der Waals surface area contributed by atoms with Gasteiger partial charge in [-0.15, -0.1) is 0 Å². The SMILES string of the molecule is Cc1ccc(C(=O)N2CCOCC2)cc1C#CCCO. The summed E-state index contributed by atoms with van der Waals surface area (Å²) in [6.07, 6.45) is 0.446. The first-order chi connectivity index (χ1) is 9.72. The Hall–Kier alpha value is -1.83. The molecule has 1 amide bonds. The summed E-state index contributed by atoms with van der Waals surface area (Å²) in [4.78, 5) is 14.2. The topological polar surface area (TPSA) is 49.8 Å². The third-order valence-corrected chi connectivity index (χ3v) is 3.24. The Balaban J connectivity index is 2.18. The monoisotopic (exact) mass is 273 g/mol. The van der Waals surface area contributed by atoms with E-state index in [0.29, 0.717) is 38.3 Å². The molecule has 0 bridgehead atoms. The molecule has 1 heterocycles. The lowest BCUT2D eigenvalue weighted by atomic mass is 10.0. The van der Waals surface area contributed by atoms with E-state index in [4.69, 9.17) is 9.84 Å². The number of hydrogen-bond donors (Lipinski definition) is 1. The molecule has 0 saturated carbocycles. The van der Waals surface area contributed by atoms with Gasteiger partial charge in [0.15, 0.2) is 0 Å². The first kappa shape index (κ1) is 14.6. The van der Waals surface area contributed by atoms with Crippen LogP contribution in [-0.2, 0) is 4.74 Å². The van der Waals surface area contributed by atoms with Gasteiger partial charge in [-0.1, -0.05) is 17.9 Å². The van der Waals surface area contributed by atoms with Crippen molar-refractivity contribution < 1.29 is 14.6 Å². The summed E-state index contributed by atoms with van der Waals surface area (Å²) in [7, 11) is 0. The molecule has 4 heteroatoms.